The lowest BCUT2D eigenvalue weighted by molar-refractivity contribution is -0.138. The first-order chi connectivity index (χ1) is 6.76. The third-order valence-corrected chi connectivity index (χ3v) is 1.58. The van der Waals surface area contributed by atoms with Gasteiger partial charge in [-0.05, 0) is 19.4 Å². The van der Waals surface area contributed by atoms with Gasteiger partial charge in [0.05, 0.1) is 12.2 Å². The van der Waals surface area contributed by atoms with Gasteiger partial charge in [-0.15, -0.1) is 12.3 Å². The Morgan fingerprint density at radius 2 is 2.21 bits per heavy atom. The fourth-order valence-corrected chi connectivity index (χ4v) is 0.903. The van der Waals surface area contributed by atoms with E-state index in [1.165, 1.54) is 0 Å². The van der Waals surface area contributed by atoms with Crippen molar-refractivity contribution in [1.29, 1.82) is 0 Å². The zero-order chi connectivity index (χ0) is 10.8. The van der Waals surface area contributed by atoms with Crippen LogP contribution < -0.4 is 0 Å². The fourth-order valence-electron chi connectivity index (χ4n) is 0.903. The zero-order valence-corrected chi connectivity index (χ0v) is 9.01. The summed E-state index contributed by atoms with van der Waals surface area (Å²) in [6.45, 7) is 7.86. The van der Waals surface area contributed by atoms with Gasteiger partial charge in [-0.2, -0.15) is 0 Å². The molecule has 0 fully saturated rings. The molecule has 0 amide bonds. The van der Waals surface area contributed by atoms with Crippen LogP contribution in [-0.2, 0) is 9.53 Å². The van der Waals surface area contributed by atoms with Crippen molar-refractivity contribution in [2.75, 3.05) is 6.61 Å². The van der Waals surface area contributed by atoms with Gasteiger partial charge in [-0.3, -0.25) is 0 Å². The monoisotopic (exact) mass is 194 g/mol. The average Bonchev–Trinajstić information content (AvgIpc) is 2.17. The number of ether oxygens (including phenoxy) is 1. The molecule has 78 valence electrons. The average molecular weight is 194 g/mol. The number of hydrogen-bond donors (Lipinski definition) is 0. The molecule has 2 nitrogen and oxygen atoms in total. The van der Waals surface area contributed by atoms with E-state index >= 15 is 0 Å². The van der Waals surface area contributed by atoms with Crippen molar-refractivity contribution in [1.82, 2.24) is 0 Å². The van der Waals surface area contributed by atoms with Crippen molar-refractivity contribution in [2.24, 2.45) is 0 Å². The Morgan fingerprint density at radius 1 is 1.50 bits per heavy atom. The molecule has 0 radical (unpaired) electrons. The highest BCUT2D eigenvalue weighted by Crippen LogP contribution is 2.03. The Labute approximate surface area is 86.0 Å². The Balaban J connectivity index is 4.48. The maximum absolute atomic E-state index is 11.3. The van der Waals surface area contributed by atoms with Crippen molar-refractivity contribution in [2.45, 2.75) is 33.1 Å². The van der Waals surface area contributed by atoms with Crippen molar-refractivity contribution in [3.63, 3.8) is 0 Å². The van der Waals surface area contributed by atoms with E-state index in [2.05, 4.69) is 19.2 Å². The number of allylic oxidation sites excluding steroid dienone is 1. The first-order valence-corrected chi connectivity index (χ1v) is 4.98. The minimum absolute atomic E-state index is 0.292. The summed E-state index contributed by atoms with van der Waals surface area (Å²) in [6.07, 6.45) is 6.05. The molecule has 0 saturated heterocycles. The van der Waals surface area contributed by atoms with Crippen molar-refractivity contribution in [3.8, 4) is 0 Å². The molecule has 0 spiro atoms. The number of esters is 1. The molecule has 0 saturated carbocycles. The molecule has 0 aromatic heterocycles. The topological polar surface area (TPSA) is 26.3 Å². The molecule has 0 heterocycles. The van der Waals surface area contributed by atoms with Gasteiger partial charge < -0.3 is 4.74 Å². The van der Waals surface area contributed by atoms with Gasteiger partial charge in [0.2, 0.25) is 0 Å². The summed E-state index contributed by atoms with van der Waals surface area (Å²) < 4.78 is 4.88. The van der Waals surface area contributed by atoms with E-state index in [4.69, 9.17) is 4.74 Å². The molecule has 0 unspecified atom stereocenters. The number of carbonyl (C=O) groups is 1. The van der Waals surface area contributed by atoms with E-state index < -0.39 is 0 Å². The summed E-state index contributed by atoms with van der Waals surface area (Å²) in [6, 6.07) is 0. The summed E-state index contributed by atoms with van der Waals surface area (Å²) in [5.74, 6) is -0.292. The van der Waals surface area contributed by atoms with Gasteiger partial charge in [0.15, 0.2) is 0 Å². The van der Waals surface area contributed by atoms with E-state index in [0.29, 0.717) is 18.6 Å². The van der Waals surface area contributed by atoms with Crippen molar-refractivity contribution >= 4 is 5.97 Å². The van der Waals surface area contributed by atoms with Crippen LogP contribution in [0, 0.1) is 0 Å². The van der Waals surface area contributed by atoms with Crippen LogP contribution in [0.1, 0.15) is 33.1 Å². The maximum atomic E-state index is 11.3. The highest BCUT2D eigenvalue weighted by molar-refractivity contribution is 5.88. The minimum atomic E-state index is -0.292. The van der Waals surface area contributed by atoms with Crippen LogP contribution in [0.2, 0.25) is 0 Å². The van der Waals surface area contributed by atoms with Crippen LogP contribution in [0.15, 0.2) is 30.0 Å². The lowest BCUT2D eigenvalue weighted by atomic mass is 10.2. The molecular weight excluding hydrogens is 176 g/mol. The van der Waals surface area contributed by atoms with Gasteiger partial charge in [-0.1, -0.05) is 19.4 Å². The van der Waals surface area contributed by atoms with Crippen LogP contribution in [0.25, 0.3) is 0 Å². The van der Waals surface area contributed by atoms with Crippen LogP contribution in [0.4, 0.5) is 0 Å². The van der Waals surface area contributed by atoms with E-state index in [0.717, 1.165) is 12.8 Å². The number of rotatable bonds is 6. The first kappa shape index (κ1) is 12.7. The second-order valence-corrected chi connectivity index (χ2v) is 2.83. The molecular formula is C12H18O2. The molecule has 2 heteroatoms. The molecule has 0 N–H and O–H groups in total. The van der Waals surface area contributed by atoms with E-state index in [-0.39, 0.29) is 5.97 Å². The summed E-state index contributed by atoms with van der Waals surface area (Å²) in [4.78, 5) is 11.3. The maximum Gasteiger partial charge on any atom is 0.342 e. The second-order valence-electron chi connectivity index (χ2n) is 2.83. The smallest absolute Gasteiger partial charge is 0.342 e. The molecule has 0 aliphatic heterocycles. The molecule has 14 heavy (non-hydrogen) atoms. The number of unbranched alkanes of at least 4 members (excludes halogenated alkanes) is 1. The van der Waals surface area contributed by atoms with Gasteiger partial charge in [0, 0.05) is 6.42 Å². The normalized spacial score (nSPS) is 8.71. The predicted molar refractivity (Wildman–Crippen MR) is 58.0 cm³/mol. The Hall–Kier alpha value is -1.27. The third-order valence-electron chi connectivity index (χ3n) is 1.58. The highest BCUT2D eigenvalue weighted by atomic mass is 16.5. The summed E-state index contributed by atoms with van der Waals surface area (Å²) in [5.41, 5.74) is 3.50. The second kappa shape index (κ2) is 8.33. The summed E-state index contributed by atoms with van der Waals surface area (Å²) >= 11 is 0. The van der Waals surface area contributed by atoms with Gasteiger partial charge in [0.25, 0.3) is 0 Å². The van der Waals surface area contributed by atoms with Gasteiger partial charge in [0.1, 0.15) is 0 Å². The van der Waals surface area contributed by atoms with Gasteiger partial charge >= 0.3 is 5.97 Å². The third kappa shape index (κ3) is 5.39. The lowest BCUT2D eigenvalue weighted by Crippen LogP contribution is -2.06. The Morgan fingerprint density at radius 3 is 2.71 bits per heavy atom. The number of hydrogen-bond acceptors (Lipinski definition) is 2. The first-order valence-electron chi connectivity index (χ1n) is 4.98. The van der Waals surface area contributed by atoms with Crippen LogP contribution >= 0.6 is 0 Å². The van der Waals surface area contributed by atoms with Crippen LogP contribution in [0.3, 0.4) is 0 Å². The Kier molecular flexibility index (Phi) is 7.58. The predicted octanol–water partition coefficient (Wildman–Crippen LogP) is 3.01. The number of carbonyl (C=O) groups excluding carboxylic acids is 1. The fraction of sp³-hybridized carbons (Fsp3) is 0.500. The zero-order valence-electron chi connectivity index (χ0n) is 9.01. The van der Waals surface area contributed by atoms with Gasteiger partial charge in [-0.25, -0.2) is 4.79 Å². The van der Waals surface area contributed by atoms with E-state index in [9.17, 15) is 4.79 Å². The molecule has 0 aromatic carbocycles. The summed E-state index contributed by atoms with van der Waals surface area (Å²) in [7, 11) is 0. The van der Waals surface area contributed by atoms with Crippen LogP contribution in [0.5, 0.6) is 0 Å². The lowest BCUT2D eigenvalue weighted by Gasteiger charge is -2.00. The Bertz CT molecular complexity index is 245. The van der Waals surface area contributed by atoms with E-state index in [1.54, 1.807) is 13.0 Å². The van der Waals surface area contributed by atoms with Crippen LogP contribution in [-0.4, -0.2) is 12.6 Å². The molecule has 0 bridgehead atoms. The quantitative estimate of drug-likeness (QED) is 0.281. The molecule has 0 aliphatic rings. The molecule has 0 atom stereocenters. The van der Waals surface area contributed by atoms with E-state index in [1.807, 2.05) is 6.08 Å². The van der Waals surface area contributed by atoms with Crippen molar-refractivity contribution in [3.05, 3.63) is 30.0 Å². The molecule has 0 rings (SSSR count). The largest absolute Gasteiger partial charge is 0.462 e. The highest BCUT2D eigenvalue weighted by Gasteiger charge is 2.06. The standard InChI is InChI=1S/C12H18O2/c1-4-7-8-10-11(9-5-2)12(13)14-6-3/h5,8H,2,4,6-7,9H2,1,3H3. The summed E-state index contributed by atoms with van der Waals surface area (Å²) in [5, 5.41) is 0. The molecule has 0 aromatic rings. The SMILES string of the molecule is C=CCC(=C=CCCC)C(=O)OCC. The van der Waals surface area contributed by atoms with Crippen molar-refractivity contribution < 1.29 is 9.53 Å². The molecule has 0 aliphatic carbocycles. The minimum Gasteiger partial charge on any atom is -0.462 e.